The summed E-state index contributed by atoms with van der Waals surface area (Å²) >= 11 is 1.56. The average molecular weight is 463 g/mol. The van der Waals surface area contributed by atoms with Crippen molar-refractivity contribution in [1.82, 2.24) is 9.88 Å². The number of pyridine rings is 1. The maximum absolute atomic E-state index is 12.8. The number of carbonyl (C=O) groups is 2. The van der Waals surface area contributed by atoms with Crippen molar-refractivity contribution in [3.05, 3.63) is 39.7 Å². The van der Waals surface area contributed by atoms with Gasteiger partial charge in [0.05, 0.1) is 18.7 Å². The van der Waals surface area contributed by atoms with Crippen LogP contribution in [0.2, 0.25) is 0 Å². The number of aromatic nitrogens is 1. The number of aromatic carboxylic acids is 1. The molecular weight excluding hydrogens is 432 g/mol. The van der Waals surface area contributed by atoms with Crippen LogP contribution in [0.25, 0.3) is 10.9 Å². The second-order valence-electron chi connectivity index (χ2n) is 8.84. The van der Waals surface area contributed by atoms with E-state index in [2.05, 4.69) is 11.4 Å². The maximum Gasteiger partial charge on any atom is 0.407 e. The average Bonchev–Trinajstić information content (AvgIpc) is 2.69. The Morgan fingerprint density at radius 2 is 2.03 bits per heavy atom. The topological polar surface area (TPSA) is 107 Å². The van der Waals surface area contributed by atoms with Gasteiger partial charge in [-0.1, -0.05) is 0 Å². The molecule has 0 saturated carbocycles. The highest BCUT2D eigenvalue weighted by molar-refractivity contribution is 7.99. The largest absolute Gasteiger partial charge is 0.477 e. The van der Waals surface area contributed by atoms with Gasteiger partial charge < -0.3 is 24.5 Å². The molecule has 1 aliphatic heterocycles. The van der Waals surface area contributed by atoms with Gasteiger partial charge in [0.25, 0.3) is 0 Å². The number of ether oxygens (including phenoxy) is 2. The first kappa shape index (κ1) is 24.1. The number of carboxylic acid groups (broad SMARTS) is 1. The van der Waals surface area contributed by atoms with Crippen LogP contribution in [0.5, 0.6) is 0 Å². The zero-order valence-electron chi connectivity index (χ0n) is 18.9. The molecular formula is C23H30N2O6S. The monoisotopic (exact) mass is 462 g/mol. The number of thioether (sulfide) groups is 1. The fourth-order valence-electron chi connectivity index (χ4n) is 3.69. The Kier molecular flexibility index (Phi) is 7.51. The minimum atomic E-state index is -1.20. The van der Waals surface area contributed by atoms with Crippen LogP contribution < -0.4 is 10.7 Å². The summed E-state index contributed by atoms with van der Waals surface area (Å²) in [4.78, 5) is 36.9. The lowest BCUT2D eigenvalue weighted by Gasteiger charge is -2.27. The summed E-state index contributed by atoms with van der Waals surface area (Å²) in [6.45, 7) is 8.65. The SMILES string of the molecule is C[C@@H]1CCc2cc(SCCOCCNC(=O)OC(C)(C)C)cc3c(=O)c(C(=O)O)cn1c23. The first-order valence-electron chi connectivity index (χ1n) is 10.7. The van der Waals surface area contributed by atoms with E-state index < -0.39 is 23.1 Å². The number of carbonyl (C=O) groups excluding carboxylic acids is 1. The summed E-state index contributed by atoms with van der Waals surface area (Å²) in [7, 11) is 0. The van der Waals surface area contributed by atoms with Gasteiger partial charge in [-0.3, -0.25) is 4.79 Å². The third-order valence-electron chi connectivity index (χ3n) is 5.13. The number of alkyl carbamates (subject to hydrolysis) is 1. The minimum Gasteiger partial charge on any atom is -0.477 e. The van der Waals surface area contributed by atoms with Gasteiger partial charge in [-0.25, -0.2) is 9.59 Å². The lowest BCUT2D eigenvalue weighted by atomic mass is 9.96. The highest BCUT2D eigenvalue weighted by Gasteiger charge is 2.23. The lowest BCUT2D eigenvalue weighted by molar-refractivity contribution is 0.0503. The van der Waals surface area contributed by atoms with Gasteiger partial charge >= 0.3 is 12.1 Å². The number of aryl methyl sites for hydroxylation is 1. The van der Waals surface area contributed by atoms with E-state index in [9.17, 15) is 19.5 Å². The van der Waals surface area contributed by atoms with E-state index in [1.54, 1.807) is 38.6 Å². The molecule has 1 aliphatic rings. The number of nitrogens with one attached hydrogen (secondary N) is 1. The fraction of sp³-hybridized carbons (Fsp3) is 0.522. The predicted octanol–water partition coefficient (Wildman–Crippen LogP) is 3.84. The molecule has 1 aromatic heterocycles. The zero-order chi connectivity index (χ0) is 23.5. The van der Waals surface area contributed by atoms with Crippen molar-refractivity contribution >= 4 is 34.7 Å². The fourth-order valence-corrected chi connectivity index (χ4v) is 4.55. The third kappa shape index (κ3) is 5.83. The number of carboxylic acids is 1. The van der Waals surface area contributed by atoms with Gasteiger partial charge in [-0.15, -0.1) is 11.8 Å². The molecule has 32 heavy (non-hydrogen) atoms. The molecule has 174 valence electrons. The van der Waals surface area contributed by atoms with Crippen molar-refractivity contribution in [3.63, 3.8) is 0 Å². The second kappa shape index (κ2) is 9.95. The second-order valence-corrected chi connectivity index (χ2v) is 10.0. The molecule has 3 rings (SSSR count). The van der Waals surface area contributed by atoms with Crippen LogP contribution in [0, 0.1) is 0 Å². The Labute approximate surface area is 191 Å². The van der Waals surface area contributed by atoms with Gasteiger partial charge in [0.15, 0.2) is 0 Å². The number of benzene rings is 1. The van der Waals surface area contributed by atoms with Crippen molar-refractivity contribution in [2.45, 2.75) is 57.1 Å². The van der Waals surface area contributed by atoms with Crippen molar-refractivity contribution in [1.29, 1.82) is 0 Å². The summed E-state index contributed by atoms with van der Waals surface area (Å²) in [5.74, 6) is -0.535. The van der Waals surface area contributed by atoms with Gasteiger partial charge in [0, 0.05) is 34.8 Å². The number of nitrogens with zero attached hydrogens (tertiary/aromatic N) is 1. The lowest BCUT2D eigenvalue weighted by Crippen LogP contribution is -2.34. The molecule has 2 heterocycles. The van der Waals surface area contributed by atoms with E-state index in [0.717, 1.165) is 28.8 Å². The van der Waals surface area contributed by atoms with E-state index in [1.165, 1.54) is 6.20 Å². The highest BCUT2D eigenvalue weighted by Crippen LogP contribution is 2.33. The molecule has 2 N–H and O–H groups in total. The first-order chi connectivity index (χ1) is 15.1. The van der Waals surface area contributed by atoms with Crippen LogP contribution in [0.4, 0.5) is 4.79 Å². The molecule has 8 nitrogen and oxygen atoms in total. The zero-order valence-corrected chi connectivity index (χ0v) is 19.7. The number of hydrogen-bond acceptors (Lipinski definition) is 6. The van der Waals surface area contributed by atoms with Crippen LogP contribution in [0.1, 0.15) is 56.1 Å². The van der Waals surface area contributed by atoms with Crippen LogP contribution in [-0.2, 0) is 15.9 Å². The Hall–Kier alpha value is -2.52. The molecule has 0 saturated heterocycles. The third-order valence-corrected chi connectivity index (χ3v) is 6.07. The standard InChI is InChI=1S/C23H30N2O6S/c1-14-5-6-15-11-16(12-17-19(15)25(14)13-18(20(17)26)21(27)28)32-10-9-30-8-7-24-22(29)31-23(2,3)4/h11-14H,5-10H2,1-4H3,(H,24,29)(H,27,28)/t14-/m1/s1. The first-order valence-corrected chi connectivity index (χ1v) is 11.7. The maximum atomic E-state index is 12.8. The molecule has 0 bridgehead atoms. The molecule has 1 atom stereocenters. The Morgan fingerprint density at radius 3 is 2.72 bits per heavy atom. The number of rotatable bonds is 8. The number of amides is 1. The predicted molar refractivity (Wildman–Crippen MR) is 124 cm³/mol. The smallest absolute Gasteiger partial charge is 0.407 e. The Morgan fingerprint density at radius 1 is 1.28 bits per heavy atom. The molecule has 1 amide bonds. The summed E-state index contributed by atoms with van der Waals surface area (Å²) in [5.41, 5.74) is 0.742. The Bertz CT molecular complexity index is 1070. The molecule has 9 heteroatoms. The quantitative estimate of drug-likeness (QED) is 0.453. The summed E-state index contributed by atoms with van der Waals surface area (Å²) < 4.78 is 12.6. The molecule has 0 spiro atoms. The molecule has 0 radical (unpaired) electrons. The van der Waals surface area contributed by atoms with Crippen molar-refractivity contribution in [3.8, 4) is 0 Å². The van der Waals surface area contributed by atoms with Crippen molar-refractivity contribution < 1.29 is 24.2 Å². The van der Waals surface area contributed by atoms with Gasteiger partial charge in [0.1, 0.15) is 11.2 Å². The summed E-state index contributed by atoms with van der Waals surface area (Å²) in [6.07, 6.45) is 2.75. The minimum absolute atomic E-state index is 0.143. The van der Waals surface area contributed by atoms with Gasteiger partial charge in [-0.2, -0.15) is 0 Å². The van der Waals surface area contributed by atoms with E-state index in [-0.39, 0.29) is 11.6 Å². The van der Waals surface area contributed by atoms with E-state index in [0.29, 0.717) is 30.9 Å². The van der Waals surface area contributed by atoms with E-state index >= 15 is 0 Å². The number of hydrogen-bond donors (Lipinski definition) is 2. The normalized spacial score (nSPS) is 15.6. The summed E-state index contributed by atoms with van der Waals surface area (Å²) in [6, 6.07) is 4.01. The van der Waals surface area contributed by atoms with Gasteiger partial charge in [0.2, 0.25) is 5.43 Å². The Balaban J connectivity index is 1.60. The molecule has 0 unspecified atom stereocenters. The molecule has 0 fully saturated rings. The van der Waals surface area contributed by atoms with Crippen LogP contribution >= 0.6 is 11.8 Å². The van der Waals surface area contributed by atoms with Crippen LogP contribution in [-0.4, -0.2) is 52.8 Å². The highest BCUT2D eigenvalue weighted by atomic mass is 32.2. The van der Waals surface area contributed by atoms with E-state index in [1.807, 2.05) is 11.5 Å². The van der Waals surface area contributed by atoms with Crippen molar-refractivity contribution in [2.75, 3.05) is 25.5 Å². The van der Waals surface area contributed by atoms with E-state index in [4.69, 9.17) is 9.47 Å². The molecule has 1 aromatic carbocycles. The van der Waals surface area contributed by atoms with Crippen molar-refractivity contribution in [2.24, 2.45) is 0 Å². The van der Waals surface area contributed by atoms with Gasteiger partial charge in [-0.05, 0) is 58.2 Å². The molecule has 0 aliphatic carbocycles. The summed E-state index contributed by atoms with van der Waals surface area (Å²) in [5, 5.41) is 12.6. The van der Waals surface area contributed by atoms with Crippen LogP contribution in [0.3, 0.4) is 0 Å². The molecule has 2 aromatic rings. The van der Waals surface area contributed by atoms with Crippen LogP contribution in [0.15, 0.2) is 28.0 Å².